The van der Waals surface area contributed by atoms with Crippen LogP contribution in [0.3, 0.4) is 0 Å². The van der Waals surface area contributed by atoms with Crippen molar-refractivity contribution >= 4 is 11.8 Å². The highest BCUT2D eigenvalue weighted by atomic mass is 16.3. The van der Waals surface area contributed by atoms with Gasteiger partial charge in [-0.25, -0.2) is 0 Å². The van der Waals surface area contributed by atoms with Crippen molar-refractivity contribution in [2.75, 3.05) is 26.2 Å². The highest BCUT2D eigenvalue weighted by Gasteiger charge is 2.50. The van der Waals surface area contributed by atoms with Crippen molar-refractivity contribution in [3.63, 3.8) is 0 Å². The molecule has 1 unspecified atom stereocenters. The summed E-state index contributed by atoms with van der Waals surface area (Å²) >= 11 is 0. The fraction of sp³-hybridized carbons (Fsp3) is 0.667. The van der Waals surface area contributed by atoms with E-state index in [2.05, 4.69) is 4.90 Å². The fourth-order valence-corrected chi connectivity index (χ4v) is 4.29. The molecule has 23 heavy (non-hydrogen) atoms. The largest absolute Gasteiger partial charge is 0.459 e. The SMILES string of the molecule is O=C(c1ccco1)N1CCC2(CCCN(CC3CCC3)C2=O)C1. The first kappa shape index (κ1) is 14.8. The van der Waals surface area contributed by atoms with Crippen LogP contribution in [-0.2, 0) is 4.79 Å². The van der Waals surface area contributed by atoms with Crippen LogP contribution < -0.4 is 0 Å². The maximum atomic E-state index is 13.0. The molecule has 4 rings (SSSR count). The van der Waals surface area contributed by atoms with Crippen molar-refractivity contribution in [2.45, 2.75) is 38.5 Å². The molecule has 2 aliphatic heterocycles. The van der Waals surface area contributed by atoms with E-state index in [1.165, 1.54) is 25.5 Å². The van der Waals surface area contributed by atoms with Crippen LogP contribution in [0.1, 0.15) is 49.1 Å². The topological polar surface area (TPSA) is 53.8 Å². The summed E-state index contributed by atoms with van der Waals surface area (Å²) in [5.74, 6) is 1.27. The summed E-state index contributed by atoms with van der Waals surface area (Å²) in [5.41, 5.74) is -0.343. The Morgan fingerprint density at radius 3 is 2.83 bits per heavy atom. The van der Waals surface area contributed by atoms with E-state index in [1.807, 2.05) is 0 Å². The smallest absolute Gasteiger partial charge is 0.289 e. The fourth-order valence-electron chi connectivity index (χ4n) is 4.29. The minimum atomic E-state index is -0.343. The number of likely N-dealkylation sites (tertiary alicyclic amines) is 2. The minimum absolute atomic E-state index is 0.0872. The molecule has 1 aromatic rings. The molecule has 5 nitrogen and oxygen atoms in total. The number of hydrogen-bond acceptors (Lipinski definition) is 3. The monoisotopic (exact) mass is 316 g/mol. The van der Waals surface area contributed by atoms with E-state index >= 15 is 0 Å². The maximum absolute atomic E-state index is 13.0. The summed E-state index contributed by atoms with van der Waals surface area (Å²) in [6, 6.07) is 3.42. The van der Waals surface area contributed by atoms with E-state index in [4.69, 9.17) is 4.42 Å². The van der Waals surface area contributed by atoms with Crippen molar-refractivity contribution in [2.24, 2.45) is 11.3 Å². The van der Waals surface area contributed by atoms with E-state index in [0.29, 0.717) is 24.8 Å². The molecule has 0 bridgehead atoms. The molecule has 1 aromatic heterocycles. The lowest BCUT2D eigenvalue weighted by Crippen LogP contribution is -2.52. The minimum Gasteiger partial charge on any atom is -0.459 e. The first-order valence-corrected chi connectivity index (χ1v) is 8.80. The third-order valence-electron chi connectivity index (χ3n) is 5.90. The second-order valence-corrected chi connectivity index (χ2v) is 7.39. The number of carbonyl (C=O) groups is 2. The molecule has 3 fully saturated rings. The van der Waals surface area contributed by atoms with Crippen LogP contribution in [0, 0.1) is 11.3 Å². The molecule has 1 atom stereocenters. The Labute approximate surface area is 136 Å². The summed E-state index contributed by atoms with van der Waals surface area (Å²) in [5, 5.41) is 0. The van der Waals surface area contributed by atoms with E-state index < -0.39 is 0 Å². The number of rotatable bonds is 3. The molecule has 1 saturated carbocycles. The molecule has 0 radical (unpaired) electrons. The summed E-state index contributed by atoms with van der Waals surface area (Å²) in [6.07, 6.45) is 8.11. The molecule has 1 aliphatic carbocycles. The predicted octanol–water partition coefficient (Wildman–Crippen LogP) is 2.53. The van der Waals surface area contributed by atoms with Crippen LogP contribution in [0.15, 0.2) is 22.8 Å². The van der Waals surface area contributed by atoms with Crippen molar-refractivity contribution in [1.29, 1.82) is 0 Å². The normalized spacial score (nSPS) is 28.4. The summed E-state index contributed by atoms with van der Waals surface area (Å²) in [6.45, 7) is 3.02. The third-order valence-corrected chi connectivity index (χ3v) is 5.90. The zero-order valence-corrected chi connectivity index (χ0v) is 13.5. The molecule has 1 spiro atoms. The Morgan fingerprint density at radius 1 is 1.26 bits per heavy atom. The molecule has 5 heteroatoms. The first-order chi connectivity index (χ1) is 11.2. The highest BCUT2D eigenvalue weighted by Crippen LogP contribution is 2.41. The van der Waals surface area contributed by atoms with E-state index in [-0.39, 0.29) is 17.2 Å². The number of piperidine rings is 1. The summed E-state index contributed by atoms with van der Waals surface area (Å²) in [4.78, 5) is 29.4. The zero-order valence-electron chi connectivity index (χ0n) is 13.5. The molecule has 2 saturated heterocycles. The third kappa shape index (κ3) is 2.56. The van der Waals surface area contributed by atoms with E-state index in [0.717, 1.165) is 32.4 Å². The first-order valence-electron chi connectivity index (χ1n) is 8.80. The van der Waals surface area contributed by atoms with Crippen LogP contribution >= 0.6 is 0 Å². The molecule has 124 valence electrons. The second-order valence-electron chi connectivity index (χ2n) is 7.39. The average Bonchev–Trinajstić information content (AvgIpc) is 3.17. The number of furan rings is 1. The van der Waals surface area contributed by atoms with Gasteiger partial charge in [-0.3, -0.25) is 9.59 Å². The Hall–Kier alpha value is -1.78. The van der Waals surface area contributed by atoms with Gasteiger partial charge < -0.3 is 14.2 Å². The van der Waals surface area contributed by atoms with Crippen molar-refractivity contribution in [3.05, 3.63) is 24.2 Å². The predicted molar refractivity (Wildman–Crippen MR) is 84.8 cm³/mol. The van der Waals surface area contributed by atoms with Crippen LogP contribution in [0.4, 0.5) is 0 Å². The Morgan fingerprint density at radius 2 is 2.13 bits per heavy atom. The molecule has 3 aliphatic rings. The van der Waals surface area contributed by atoms with Gasteiger partial charge in [-0.05, 0) is 50.2 Å². The van der Waals surface area contributed by atoms with Crippen molar-refractivity contribution in [1.82, 2.24) is 9.80 Å². The molecule has 3 heterocycles. The number of hydrogen-bond donors (Lipinski definition) is 0. The average molecular weight is 316 g/mol. The van der Waals surface area contributed by atoms with Crippen LogP contribution in [0.2, 0.25) is 0 Å². The van der Waals surface area contributed by atoms with Gasteiger partial charge in [0.05, 0.1) is 11.7 Å². The van der Waals surface area contributed by atoms with Crippen LogP contribution in [0.25, 0.3) is 0 Å². The molecular formula is C18H24N2O3. The van der Waals surface area contributed by atoms with Gasteiger partial charge in [0, 0.05) is 26.2 Å². The molecule has 2 amide bonds. The zero-order chi connectivity index (χ0) is 15.9. The lowest BCUT2D eigenvalue weighted by molar-refractivity contribution is -0.146. The standard InChI is InChI=1S/C18H24N2O3/c21-16(15-6-2-11-23-15)20-10-8-18(13-20)7-3-9-19(17(18)22)12-14-4-1-5-14/h2,6,11,14H,1,3-5,7-10,12-13H2. The molecular weight excluding hydrogens is 292 g/mol. The Bertz CT molecular complexity index is 593. The number of carbonyl (C=O) groups excluding carboxylic acids is 2. The lowest BCUT2D eigenvalue weighted by Gasteiger charge is -2.42. The van der Waals surface area contributed by atoms with Gasteiger partial charge in [-0.1, -0.05) is 6.42 Å². The highest BCUT2D eigenvalue weighted by molar-refractivity contribution is 5.93. The van der Waals surface area contributed by atoms with Crippen molar-refractivity contribution < 1.29 is 14.0 Å². The number of amides is 2. The summed E-state index contributed by atoms with van der Waals surface area (Å²) in [7, 11) is 0. The van der Waals surface area contributed by atoms with Crippen LogP contribution in [0.5, 0.6) is 0 Å². The Kier molecular flexibility index (Phi) is 3.66. The number of nitrogens with zero attached hydrogens (tertiary/aromatic N) is 2. The second kappa shape index (κ2) is 5.69. The van der Waals surface area contributed by atoms with Gasteiger partial charge in [-0.2, -0.15) is 0 Å². The van der Waals surface area contributed by atoms with E-state index in [9.17, 15) is 9.59 Å². The van der Waals surface area contributed by atoms with Gasteiger partial charge >= 0.3 is 0 Å². The van der Waals surface area contributed by atoms with Gasteiger partial charge in [-0.15, -0.1) is 0 Å². The quantitative estimate of drug-likeness (QED) is 0.861. The van der Waals surface area contributed by atoms with Gasteiger partial charge in [0.25, 0.3) is 5.91 Å². The van der Waals surface area contributed by atoms with Gasteiger partial charge in [0.15, 0.2) is 5.76 Å². The van der Waals surface area contributed by atoms with Crippen molar-refractivity contribution in [3.8, 4) is 0 Å². The lowest BCUT2D eigenvalue weighted by atomic mass is 9.77. The maximum Gasteiger partial charge on any atom is 0.289 e. The van der Waals surface area contributed by atoms with Gasteiger partial charge in [0.2, 0.25) is 5.91 Å². The van der Waals surface area contributed by atoms with E-state index in [1.54, 1.807) is 17.0 Å². The Balaban J connectivity index is 1.45. The van der Waals surface area contributed by atoms with Crippen LogP contribution in [-0.4, -0.2) is 47.8 Å². The summed E-state index contributed by atoms with van der Waals surface area (Å²) < 4.78 is 5.22. The molecule has 0 aromatic carbocycles. The molecule has 0 N–H and O–H groups in total. The van der Waals surface area contributed by atoms with Gasteiger partial charge in [0.1, 0.15) is 0 Å².